The molecular weight excluding hydrogens is 486 g/mol. The first-order chi connectivity index (χ1) is 18.2. The lowest BCUT2D eigenvalue weighted by molar-refractivity contribution is -0.147. The molecule has 0 fully saturated rings. The molecule has 194 valence electrons. The van der Waals surface area contributed by atoms with E-state index in [9.17, 15) is 15.0 Å². The van der Waals surface area contributed by atoms with Crippen molar-refractivity contribution in [1.29, 1.82) is 0 Å². The maximum atomic E-state index is 12.1. The summed E-state index contributed by atoms with van der Waals surface area (Å²) >= 11 is 0. The van der Waals surface area contributed by atoms with Crippen molar-refractivity contribution in [3.63, 3.8) is 0 Å². The summed E-state index contributed by atoms with van der Waals surface area (Å²) in [6, 6.07) is 22.1. The Kier molecular flexibility index (Phi) is 6.42. The minimum absolute atomic E-state index is 0.398. The van der Waals surface area contributed by atoms with Gasteiger partial charge < -0.3 is 29.1 Å². The van der Waals surface area contributed by atoms with Gasteiger partial charge in [-0.15, -0.1) is 4.73 Å². The highest BCUT2D eigenvalue weighted by Crippen LogP contribution is 2.41. The summed E-state index contributed by atoms with van der Waals surface area (Å²) in [5.74, 6) is -0.347. The van der Waals surface area contributed by atoms with Gasteiger partial charge in [0.2, 0.25) is 17.1 Å². The Labute approximate surface area is 218 Å². The monoisotopic (exact) mass is 514 g/mol. The Morgan fingerprint density at radius 2 is 1.66 bits per heavy atom. The number of hydrogen-bond donors (Lipinski definition) is 2. The smallest absolute Gasteiger partial charge is 0.370 e. The van der Waals surface area contributed by atoms with Gasteiger partial charge in [-0.2, -0.15) is 0 Å². The zero-order valence-electron chi connectivity index (χ0n) is 21.5. The van der Waals surface area contributed by atoms with Crippen molar-refractivity contribution in [2.45, 2.75) is 0 Å². The van der Waals surface area contributed by atoms with Crippen LogP contribution in [0.1, 0.15) is 0 Å². The molecule has 0 atom stereocenters. The topological polar surface area (TPSA) is 100 Å². The summed E-state index contributed by atoms with van der Waals surface area (Å²) in [6.45, 7) is -0.410. The maximum Gasteiger partial charge on any atom is 0.370 e. The third-order valence-corrected chi connectivity index (χ3v) is 6.21. The Hall–Kier alpha value is -4.92. The van der Waals surface area contributed by atoms with Crippen LogP contribution in [0.15, 0.2) is 77.2 Å². The summed E-state index contributed by atoms with van der Waals surface area (Å²) < 4.78 is 14.6. The summed E-state index contributed by atoms with van der Waals surface area (Å²) in [5, 5.41) is 21.2. The maximum absolute atomic E-state index is 12.1. The average molecular weight is 515 g/mol. The van der Waals surface area contributed by atoms with Crippen LogP contribution in [0.5, 0.6) is 17.5 Å². The van der Waals surface area contributed by atoms with E-state index in [1.807, 2.05) is 61.9 Å². The zero-order chi connectivity index (χ0) is 27.0. The summed E-state index contributed by atoms with van der Waals surface area (Å²) in [6.07, 6.45) is 0. The van der Waals surface area contributed by atoms with E-state index in [4.69, 9.17) is 14.0 Å². The fraction of sp³-hybridized carbons (Fsp3) is 0.172. The van der Waals surface area contributed by atoms with E-state index in [0.717, 1.165) is 44.5 Å². The van der Waals surface area contributed by atoms with Crippen molar-refractivity contribution in [2.24, 2.45) is 0 Å². The van der Waals surface area contributed by atoms with Gasteiger partial charge in [0, 0.05) is 60.6 Å². The molecule has 1 aromatic heterocycles. The molecule has 0 saturated carbocycles. The third kappa shape index (κ3) is 4.73. The second kappa shape index (κ2) is 9.85. The fourth-order valence-corrected chi connectivity index (χ4v) is 4.22. The van der Waals surface area contributed by atoms with Crippen LogP contribution in [0.2, 0.25) is 0 Å². The van der Waals surface area contributed by atoms with Gasteiger partial charge in [-0.25, -0.2) is 9.37 Å². The quantitative estimate of drug-likeness (QED) is 0.264. The molecule has 0 amide bonds. The Balaban J connectivity index is 1.48. The summed E-state index contributed by atoms with van der Waals surface area (Å²) in [4.78, 5) is 19.1. The van der Waals surface area contributed by atoms with Crippen LogP contribution >= 0.6 is 0 Å². The predicted molar refractivity (Wildman–Crippen MR) is 145 cm³/mol. The molecule has 38 heavy (non-hydrogen) atoms. The summed E-state index contributed by atoms with van der Waals surface area (Å²) in [7, 11) is 7.97. The molecule has 2 heterocycles. The number of fused-ring (bicyclic) bond motifs is 2. The Morgan fingerprint density at radius 1 is 0.947 bits per heavy atom. The fourth-order valence-electron chi connectivity index (χ4n) is 4.22. The third-order valence-electron chi connectivity index (χ3n) is 6.21. The van der Waals surface area contributed by atoms with Gasteiger partial charge in [0.1, 0.15) is 31.2 Å². The van der Waals surface area contributed by atoms with Crippen molar-refractivity contribution in [1.82, 2.24) is 9.31 Å². The van der Waals surface area contributed by atoms with Gasteiger partial charge in [0.15, 0.2) is 6.61 Å². The second-order valence-electron chi connectivity index (χ2n) is 9.25. The molecule has 9 nitrogen and oxygen atoms in total. The normalized spacial score (nSPS) is 11.1. The number of hydrogen-bond acceptors (Lipinski definition) is 7. The van der Waals surface area contributed by atoms with Crippen molar-refractivity contribution in [3.8, 4) is 40.0 Å². The molecule has 2 aliphatic rings. The van der Waals surface area contributed by atoms with Gasteiger partial charge in [0.25, 0.3) is 0 Å². The highest BCUT2D eigenvalue weighted by Gasteiger charge is 2.19. The van der Waals surface area contributed by atoms with Gasteiger partial charge in [-0.05, 0) is 35.9 Å². The standard InChI is InChI=1S/C29H27N3O6/c1-30(2)19-7-11-22-24(15-19)37-25-16-20(31(3)4)8-12-23(25)29(22)18-5-9-21(10-6-18)36-17-28(35)38-32-26(33)13-14-27(32)34/h5-16H,17H2,1-4H3,(H-,33,34)/p+1. The van der Waals surface area contributed by atoms with E-state index in [-0.39, 0.29) is 0 Å². The van der Waals surface area contributed by atoms with Gasteiger partial charge in [0.05, 0.1) is 6.07 Å². The lowest BCUT2D eigenvalue weighted by atomic mass is 9.93. The van der Waals surface area contributed by atoms with Crippen LogP contribution in [0, 0.1) is 0 Å². The molecule has 2 aromatic carbocycles. The molecule has 1 aliphatic heterocycles. The molecule has 9 heteroatoms. The average Bonchev–Trinajstić information content (AvgIpc) is 3.22. The molecule has 5 rings (SSSR count). The number of ether oxygens (including phenoxy) is 1. The highest BCUT2D eigenvalue weighted by molar-refractivity contribution is 6.02. The van der Waals surface area contributed by atoms with Gasteiger partial charge in [-0.3, -0.25) is 0 Å². The SMILES string of the molecule is CN(C)c1ccc2c(-c3ccc(OCC(=O)On4c(O)ccc4O)cc3)c3ccc(=[N+](C)C)cc-3oc2c1. The number of aromatic nitrogens is 1. The van der Waals surface area contributed by atoms with Crippen LogP contribution in [-0.2, 0) is 4.79 Å². The molecule has 3 aromatic rings. The van der Waals surface area contributed by atoms with E-state index in [2.05, 4.69) is 24.3 Å². The number of carbonyl (C=O) groups is 1. The zero-order valence-corrected chi connectivity index (χ0v) is 21.5. The largest absolute Gasteiger partial charge is 0.492 e. The number of benzene rings is 3. The molecule has 2 N–H and O–H groups in total. The molecule has 0 unspecified atom stereocenters. The van der Waals surface area contributed by atoms with Crippen molar-refractivity contribution >= 4 is 22.6 Å². The van der Waals surface area contributed by atoms with E-state index in [0.29, 0.717) is 10.5 Å². The number of aromatic hydroxyl groups is 2. The Morgan fingerprint density at radius 3 is 2.32 bits per heavy atom. The first-order valence-corrected chi connectivity index (χ1v) is 11.9. The first-order valence-electron chi connectivity index (χ1n) is 11.9. The van der Waals surface area contributed by atoms with E-state index in [1.165, 1.54) is 12.1 Å². The van der Waals surface area contributed by atoms with Gasteiger partial charge >= 0.3 is 5.97 Å². The van der Waals surface area contributed by atoms with Gasteiger partial charge in [-0.1, -0.05) is 12.1 Å². The van der Waals surface area contributed by atoms with Crippen LogP contribution in [-0.4, -0.2) is 55.7 Å². The lowest BCUT2D eigenvalue weighted by Crippen LogP contribution is -2.24. The molecule has 0 saturated heterocycles. The van der Waals surface area contributed by atoms with Crippen molar-refractivity contribution in [3.05, 3.63) is 78.2 Å². The molecular formula is C29H28N3O6+. The van der Waals surface area contributed by atoms with Crippen LogP contribution in [0.4, 0.5) is 5.69 Å². The molecule has 0 spiro atoms. The first kappa shape index (κ1) is 24.8. The molecule has 0 radical (unpaired) electrons. The number of rotatable bonds is 6. The summed E-state index contributed by atoms with van der Waals surface area (Å²) in [5.41, 5.74) is 4.77. The number of nitrogens with zero attached hydrogens (tertiary/aromatic N) is 3. The van der Waals surface area contributed by atoms with E-state index < -0.39 is 24.3 Å². The van der Waals surface area contributed by atoms with E-state index in [1.54, 1.807) is 12.1 Å². The lowest BCUT2D eigenvalue weighted by Gasteiger charge is -2.18. The molecule has 0 bridgehead atoms. The van der Waals surface area contributed by atoms with E-state index >= 15 is 0 Å². The minimum Gasteiger partial charge on any atom is -0.492 e. The Bertz CT molecular complexity index is 1660. The second-order valence-corrected chi connectivity index (χ2v) is 9.25. The van der Waals surface area contributed by atoms with Crippen molar-refractivity contribution < 1.29 is 29.0 Å². The van der Waals surface area contributed by atoms with Crippen LogP contribution < -0.4 is 24.4 Å². The predicted octanol–water partition coefficient (Wildman–Crippen LogP) is 3.55. The highest BCUT2D eigenvalue weighted by atomic mass is 16.7. The molecule has 1 aliphatic carbocycles. The van der Waals surface area contributed by atoms with Crippen LogP contribution in [0.25, 0.3) is 33.4 Å². The van der Waals surface area contributed by atoms with Crippen LogP contribution in [0.3, 0.4) is 0 Å². The van der Waals surface area contributed by atoms with Crippen molar-refractivity contribution in [2.75, 3.05) is 39.7 Å². The minimum atomic E-state index is -0.786. The number of anilines is 1. The number of carbonyl (C=O) groups excluding carboxylic acids is 1.